The van der Waals surface area contributed by atoms with Crippen molar-refractivity contribution in [3.05, 3.63) is 54.1 Å². The summed E-state index contributed by atoms with van der Waals surface area (Å²) in [6.45, 7) is 2.31. The summed E-state index contributed by atoms with van der Waals surface area (Å²) in [5, 5.41) is -0.0157. The molecule has 2 aliphatic rings. The third-order valence-electron chi connectivity index (χ3n) is 5.23. The first-order valence-corrected chi connectivity index (χ1v) is 10.6. The number of para-hydroxylation sites is 1. The zero-order chi connectivity index (χ0) is 20.2. The van der Waals surface area contributed by atoms with Crippen LogP contribution >= 0.6 is 11.8 Å². The highest BCUT2D eigenvalue weighted by molar-refractivity contribution is 7.99. The Morgan fingerprint density at radius 2 is 1.86 bits per heavy atom. The molecular weight excluding hydrogens is 388 g/mol. The van der Waals surface area contributed by atoms with E-state index >= 15 is 0 Å². The average Bonchev–Trinajstić information content (AvgIpc) is 2.91. The second-order valence-electron chi connectivity index (χ2n) is 7.02. The van der Waals surface area contributed by atoms with E-state index in [0.717, 1.165) is 21.9 Å². The lowest BCUT2D eigenvalue weighted by Gasteiger charge is -2.30. The van der Waals surface area contributed by atoms with Gasteiger partial charge in [-0.25, -0.2) is 0 Å². The van der Waals surface area contributed by atoms with Crippen LogP contribution in [0.4, 0.5) is 5.69 Å². The third kappa shape index (κ3) is 4.41. The Morgan fingerprint density at radius 3 is 2.59 bits per heavy atom. The van der Waals surface area contributed by atoms with Crippen LogP contribution in [0.15, 0.2) is 53.4 Å². The van der Waals surface area contributed by atoms with Crippen LogP contribution in [0.3, 0.4) is 0 Å². The van der Waals surface area contributed by atoms with Gasteiger partial charge in [0.15, 0.2) is 0 Å². The molecule has 1 saturated heterocycles. The number of ether oxygens (including phenoxy) is 2. The maximum absolute atomic E-state index is 13.2. The molecule has 0 saturated carbocycles. The first kappa shape index (κ1) is 19.8. The van der Waals surface area contributed by atoms with Crippen molar-refractivity contribution in [2.75, 3.05) is 44.9 Å². The first-order valence-electron chi connectivity index (χ1n) is 9.71. The van der Waals surface area contributed by atoms with Gasteiger partial charge in [0.25, 0.3) is 0 Å². The van der Waals surface area contributed by atoms with Crippen LogP contribution in [-0.2, 0) is 14.3 Å². The summed E-state index contributed by atoms with van der Waals surface area (Å²) in [6.07, 6.45) is 0.335. The zero-order valence-corrected chi connectivity index (χ0v) is 17.2. The molecule has 0 spiro atoms. The van der Waals surface area contributed by atoms with E-state index in [-0.39, 0.29) is 23.6 Å². The Balaban J connectivity index is 1.59. The van der Waals surface area contributed by atoms with Crippen molar-refractivity contribution in [1.82, 2.24) is 4.90 Å². The lowest BCUT2D eigenvalue weighted by molar-refractivity contribution is -0.135. The topological polar surface area (TPSA) is 59.1 Å². The number of carbonyl (C=O) groups excluding carboxylic acids is 2. The van der Waals surface area contributed by atoms with Gasteiger partial charge in [-0.3, -0.25) is 9.59 Å². The van der Waals surface area contributed by atoms with E-state index < -0.39 is 0 Å². The van der Waals surface area contributed by atoms with Gasteiger partial charge < -0.3 is 19.3 Å². The molecule has 0 aromatic heterocycles. The molecular formula is C22H24N2O4S. The summed E-state index contributed by atoms with van der Waals surface area (Å²) < 4.78 is 10.6. The molecule has 0 bridgehead atoms. The lowest BCUT2D eigenvalue weighted by Crippen LogP contribution is -2.47. The maximum Gasteiger partial charge on any atom is 0.242 e. The van der Waals surface area contributed by atoms with Gasteiger partial charge in [-0.2, -0.15) is 0 Å². The van der Waals surface area contributed by atoms with E-state index in [4.69, 9.17) is 9.47 Å². The molecule has 2 heterocycles. The van der Waals surface area contributed by atoms with Crippen LogP contribution < -0.4 is 9.64 Å². The molecule has 0 radical (unpaired) electrons. The highest BCUT2D eigenvalue weighted by atomic mass is 32.2. The van der Waals surface area contributed by atoms with E-state index in [2.05, 4.69) is 0 Å². The number of rotatable bonds is 4. The van der Waals surface area contributed by atoms with Crippen molar-refractivity contribution in [2.24, 2.45) is 0 Å². The molecule has 1 fully saturated rings. The van der Waals surface area contributed by atoms with Crippen molar-refractivity contribution in [3.63, 3.8) is 0 Å². The molecule has 2 amide bonds. The molecule has 4 rings (SSSR count). The number of amides is 2. The molecule has 0 unspecified atom stereocenters. The number of fused-ring (bicyclic) bond motifs is 1. The molecule has 0 aliphatic carbocycles. The second kappa shape index (κ2) is 8.88. The van der Waals surface area contributed by atoms with E-state index in [1.165, 1.54) is 0 Å². The van der Waals surface area contributed by atoms with Crippen molar-refractivity contribution in [1.29, 1.82) is 0 Å². The number of morpholine rings is 1. The van der Waals surface area contributed by atoms with E-state index in [1.54, 1.807) is 28.7 Å². The fraction of sp³-hybridized carbons (Fsp3) is 0.364. The fourth-order valence-electron chi connectivity index (χ4n) is 3.60. The number of anilines is 1. The molecule has 1 atom stereocenters. The van der Waals surface area contributed by atoms with E-state index in [9.17, 15) is 9.59 Å². The van der Waals surface area contributed by atoms with Gasteiger partial charge in [0.05, 0.1) is 26.0 Å². The molecule has 29 heavy (non-hydrogen) atoms. The van der Waals surface area contributed by atoms with Crippen molar-refractivity contribution in [2.45, 2.75) is 16.6 Å². The number of carbonyl (C=O) groups is 2. The number of hydrogen-bond donors (Lipinski definition) is 0. The summed E-state index contributed by atoms with van der Waals surface area (Å²) in [4.78, 5) is 30.4. The van der Waals surface area contributed by atoms with Gasteiger partial charge in [0, 0.05) is 29.7 Å². The quantitative estimate of drug-likeness (QED) is 0.772. The summed E-state index contributed by atoms with van der Waals surface area (Å²) in [5.74, 6) is 0.714. The minimum Gasteiger partial charge on any atom is -0.497 e. The van der Waals surface area contributed by atoms with Crippen LogP contribution in [0.2, 0.25) is 0 Å². The van der Waals surface area contributed by atoms with E-state index in [0.29, 0.717) is 32.7 Å². The van der Waals surface area contributed by atoms with Crippen LogP contribution in [0.5, 0.6) is 5.75 Å². The number of thioether (sulfide) groups is 1. The Bertz CT molecular complexity index is 881. The first-order chi connectivity index (χ1) is 14.2. The maximum atomic E-state index is 13.2. The zero-order valence-electron chi connectivity index (χ0n) is 16.4. The SMILES string of the molecule is COc1ccc([C@H]2CC(=O)N(CC(=O)N3CCOCC3)c3ccccc3S2)cc1. The van der Waals surface area contributed by atoms with Gasteiger partial charge >= 0.3 is 0 Å². The van der Waals surface area contributed by atoms with Gasteiger partial charge in [-0.15, -0.1) is 11.8 Å². The van der Waals surface area contributed by atoms with E-state index in [1.807, 2.05) is 48.5 Å². The van der Waals surface area contributed by atoms with Crippen molar-refractivity contribution in [3.8, 4) is 5.75 Å². The molecule has 2 aromatic carbocycles. The van der Waals surface area contributed by atoms with Crippen LogP contribution in [-0.4, -0.2) is 56.7 Å². The van der Waals surface area contributed by atoms with Crippen LogP contribution in [0.1, 0.15) is 17.2 Å². The minimum absolute atomic E-state index is 0.0157. The average molecular weight is 413 g/mol. The molecule has 0 N–H and O–H groups in total. The van der Waals surface area contributed by atoms with Gasteiger partial charge in [0.2, 0.25) is 11.8 Å². The lowest BCUT2D eigenvalue weighted by atomic mass is 10.1. The third-order valence-corrected chi connectivity index (χ3v) is 6.55. The molecule has 2 aromatic rings. The summed E-state index contributed by atoms with van der Waals surface area (Å²) in [5.41, 5.74) is 1.88. The number of hydrogen-bond acceptors (Lipinski definition) is 5. The molecule has 6 nitrogen and oxygen atoms in total. The van der Waals surface area contributed by atoms with Crippen LogP contribution in [0.25, 0.3) is 0 Å². The molecule has 7 heteroatoms. The predicted octanol–water partition coefficient (Wildman–Crippen LogP) is 3.12. The highest BCUT2D eigenvalue weighted by Gasteiger charge is 2.31. The van der Waals surface area contributed by atoms with Crippen molar-refractivity contribution >= 4 is 29.3 Å². The Kier molecular flexibility index (Phi) is 6.06. The summed E-state index contributed by atoms with van der Waals surface area (Å²) in [7, 11) is 1.64. The largest absolute Gasteiger partial charge is 0.497 e. The Hall–Kier alpha value is -2.51. The van der Waals surface area contributed by atoms with Crippen LogP contribution in [0, 0.1) is 0 Å². The van der Waals surface area contributed by atoms with Crippen molar-refractivity contribution < 1.29 is 19.1 Å². The summed E-state index contributed by atoms with van der Waals surface area (Å²) in [6, 6.07) is 15.6. The smallest absolute Gasteiger partial charge is 0.242 e. The molecule has 2 aliphatic heterocycles. The predicted molar refractivity (Wildman–Crippen MR) is 112 cm³/mol. The Labute approximate surface area is 174 Å². The van der Waals surface area contributed by atoms with Gasteiger partial charge in [-0.05, 0) is 29.8 Å². The normalized spacial score (nSPS) is 19.5. The standard InChI is InChI=1S/C22H24N2O4S/c1-27-17-8-6-16(7-9-17)20-14-21(25)24(18-4-2-3-5-19(18)29-20)15-22(26)23-10-12-28-13-11-23/h2-9,20H,10-15H2,1H3/t20-/m1/s1. The van der Waals surface area contributed by atoms with Gasteiger partial charge in [-0.1, -0.05) is 24.3 Å². The number of methoxy groups -OCH3 is 1. The Morgan fingerprint density at radius 1 is 1.14 bits per heavy atom. The number of benzene rings is 2. The second-order valence-corrected chi connectivity index (χ2v) is 8.27. The minimum atomic E-state index is -0.0376. The number of nitrogens with zero attached hydrogens (tertiary/aromatic N) is 2. The fourth-order valence-corrected chi connectivity index (χ4v) is 4.89. The summed E-state index contributed by atoms with van der Waals surface area (Å²) >= 11 is 1.67. The monoisotopic (exact) mass is 412 g/mol. The highest BCUT2D eigenvalue weighted by Crippen LogP contribution is 2.45. The molecule has 152 valence electrons. The van der Waals surface area contributed by atoms with Gasteiger partial charge in [0.1, 0.15) is 12.3 Å².